The van der Waals surface area contributed by atoms with Gasteiger partial charge in [-0.25, -0.2) is 0 Å². The summed E-state index contributed by atoms with van der Waals surface area (Å²) in [6.07, 6.45) is 1.12. The SMILES string of the molecule is CCOC(=O)[C@H]1CCCN(S(=O)(=O)N2C[C@@H](C)O[C@@H](C)C2)C1. The van der Waals surface area contributed by atoms with Gasteiger partial charge in [0.1, 0.15) is 0 Å². The second-order valence-corrected chi connectivity index (χ2v) is 7.96. The van der Waals surface area contributed by atoms with Crippen LogP contribution >= 0.6 is 0 Å². The highest BCUT2D eigenvalue weighted by Gasteiger charge is 2.39. The molecule has 0 spiro atoms. The summed E-state index contributed by atoms with van der Waals surface area (Å²) in [6.45, 7) is 7.19. The Morgan fingerprint density at radius 2 is 1.82 bits per heavy atom. The van der Waals surface area contributed by atoms with Crippen LogP contribution in [-0.2, 0) is 24.5 Å². The van der Waals surface area contributed by atoms with Crippen LogP contribution in [0.4, 0.5) is 0 Å². The first-order valence-corrected chi connectivity index (χ1v) is 9.31. The van der Waals surface area contributed by atoms with Crippen molar-refractivity contribution >= 4 is 16.2 Å². The lowest BCUT2D eigenvalue weighted by Gasteiger charge is -2.39. The van der Waals surface area contributed by atoms with E-state index in [9.17, 15) is 13.2 Å². The first-order chi connectivity index (χ1) is 10.3. The van der Waals surface area contributed by atoms with E-state index in [1.165, 1.54) is 8.61 Å². The average Bonchev–Trinajstić information content (AvgIpc) is 2.46. The number of piperidine rings is 1. The molecule has 7 nitrogen and oxygen atoms in total. The zero-order valence-corrected chi connectivity index (χ0v) is 14.3. The predicted octanol–water partition coefficient (Wildman–Crippen LogP) is 0.616. The smallest absolute Gasteiger partial charge is 0.310 e. The van der Waals surface area contributed by atoms with E-state index in [2.05, 4.69) is 0 Å². The molecule has 2 fully saturated rings. The van der Waals surface area contributed by atoms with Crippen LogP contribution in [0.15, 0.2) is 0 Å². The van der Waals surface area contributed by atoms with Crippen LogP contribution in [0.25, 0.3) is 0 Å². The van der Waals surface area contributed by atoms with Crippen molar-refractivity contribution in [1.82, 2.24) is 8.61 Å². The fraction of sp³-hybridized carbons (Fsp3) is 0.929. The lowest BCUT2D eigenvalue weighted by molar-refractivity contribution is -0.149. The minimum atomic E-state index is -3.55. The summed E-state index contributed by atoms with van der Waals surface area (Å²) in [5.74, 6) is -0.662. The van der Waals surface area contributed by atoms with E-state index in [0.717, 1.165) is 0 Å². The van der Waals surface area contributed by atoms with Crippen molar-refractivity contribution in [2.24, 2.45) is 5.92 Å². The summed E-state index contributed by atoms with van der Waals surface area (Å²) in [6, 6.07) is 0. The monoisotopic (exact) mass is 334 g/mol. The van der Waals surface area contributed by atoms with E-state index in [4.69, 9.17) is 9.47 Å². The Kier molecular flexibility index (Phi) is 5.81. The second kappa shape index (κ2) is 7.25. The van der Waals surface area contributed by atoms with E-state index in [0.29, 0.717) is 39.1 Å². The molecule has 3 atom stereocenters. The maximum absolute atomic E-state index is 12.8. The molecule has 0 radical (unpaired) electrons. The quantitative estimate of drug-likeness (QED) is 0.704. The molecular formula is C14H26N2O5S. The molecule has 128 valence electrons. The Hall–Kier alpha value is -0.700. The molecule has 2 saturated heterocycles. The number of nitrogens with zero attached hydrogens (tertiary/aromatic N) is 2. The molecule has 0 aromatic heterocycles. The molecule has 2 heterocycles. The Bertz CT molecular complexity index is 485. The van der Waals surface area contributed by atoms with Crippen molar-refractivity contribution in [2.45, 2.75) is 45.8 Å². The molecule has 0 aliphatic carbocycles. The fourth-order valence-electron chi connectivity index (χ4n) is 3.09. The highest BCUT2D eigenvalue weighted by atomic mass is 32.2. The van der Waals surface area contributed by atoms with E-state index in [1.807, 2.05) is 13.8 Å². The van der Waals surface area contributed by atoms with Crippen LogP contribution in [0, 0.1) is 5.92 Å². The van der Waals surface area contributed by atoms with Crippen molar-refractivity contribution < 1.29 is 22.7 Å². The fourth-order valence-corrected chi connectivity index (χ4v) is 4.94. The van der Waals surface area contributed by atoms with Gasteiger partial charge in [-0.2, -0.15) is 17.0 Å². The molecule has 22 heavy (non-hydrogen) atoms. The average molecular weight is 334 g/mol. The van der Waals surface area contributed by atoms with Gasteiger partial charge in [0.15, 0.2) is 0 Å². The summed E-state index contributed by atoms with van der Waals surface area (Å²) in [7, 11) is -3.55. The summed E-state index contributed by atoms with van der Waals surface area (Å²) >= 11 is 0. The molecule has 0 saturated carbocycles. The molecule has 0 amide bonds. The van der Waals surface area contributed by atoms with Crippen LogP contribution in [0.2, 0.25) is 0 Å². The number of carbonyl (C=O) groups is 1. The highest BCUT2D eigenvalue weighted by molar-refractivity contribution is 7.86. The Labute approximate surface area is 132 Å². The summed E-state index contributed by atoms with van der Waals surface area (Å²) in [5.41, 5.74) is 0. The molecule has 0 bridgehead atoms. The third-order valence-electron chi connectivity index (χ3n) is 4.04. The van der Waals surface area contributed by atoms with Gasteiger partial charge in [-0.05, 0) is 33.6 Å². The van der Waals surface area contributed by atoms with Crippen LogP contribution in [0.5, 0.6) is 0 Å². The maximum atomic E-state index is 12.8. The van der Waals surface area contributed by atoms with E-state index in [-0.39, 0.29) is 30.6 Å². The minimum absolute atomic E-state index is 0.121. The largest absolute Gasteiger partial charge is 0.466 e. The van der Waals surface area contributed by atoms with Crippen LogP contribution < -0.4 is 0 Å². The third kappa shape index (κ3) is 3.98. The molecule has 0 aromatic carbocycles. The predicted molar refractivity (Wildman–Crippen MR) is 81.4 cm³/mol. The van der Waals surface area contributed by atoms with Crippen LogP contribution in [-0.4, -0.2) is 68.0 Å². The standard InChI is InChI=1S/C14H26N2O5S/c1-4-20-14(17)13-6-5-7-15(10-13)22(18,19)16-8-11(2)21-12(3)9-16/h11-13H,4-10H2,1-3H3/t11-,12+,13-/m0/s1. The number of esters is 1. The Morgan fingerprint density at radius 3 is 2.41 bits per heavy atom. The van der Waals surface area contributed by atoms with Gasteiger partial charge >= 0.3 is 5.97 Å². The van der Waals surface area contributed by atoms with Crippen molar-refractivity contribution in [1.29, 1.82) is 0 Å². The summed E-state index contributed by atoms with van der Waals surface area (Å²) in [4.78, 5) is 11.9. The molecule has 0 N–H and O–H groups in total. The lowest BCUT2D eigenvalue weighted by Crippen LogP contribution is -2.55. The van der Waals surface area contributed by atoms with Crippen molar-refractivity contribution in [3.8, 4) is 0 Å². The van der Waals surface area contributed by atoms with Gasteiger partial charge in [-0.1, -0.05) is 0 Å². The first-order valence-electron chi connectivity index (χ1n) is 7.92. The van der Waals surface area contributed by atoms with Gasteiger partial charge in [-0.15, -0.1) is 0 Å². The van der Waals surface area contributed by atoms with Gasteiger partial charge in [-0.3, -0.25) is 4.79 Å². The molecule has 8 heteroatoms. The maximum Gasteiger partial charge on any atom is 0.310 e. The number of ether oxygens (including phenoxy) is 2. The second-order valence-electron chi connectivity index (χ2n) is 6.03. The number of rotatable bonds is 4. The lowest BCUT2D eigenvalue weighted by atomic mass is 10.0. The van der Waals surface area contributed by atoms with E-state index >= 15 is 0 Å². The van der Waals surface area contributed by atoms with Gasteiger partial charge in [0.05, 0.1) is 24.7 Å². The molecule has 2 rings (SSSR count). The number of hydrogen-bond acceptors (Lipinski definition) is 5. The van der Waals surface area contributed by atoms with Crippen LogP contribution in [0.1, 0.15) is 33.6 Å². The van der Waals surface area contributed by atoms with Crippen LogP contribution in [0.3, 0.4) is 0 Å². The summed E-state index contributed by atoms with van der Waals surface area (Å²) in [5, 5.41) is 0. The third-order valence-corrected chi connectivity index (χ3v) is 5.98. The molecular weight excluding hydrogens is 308 g/mol. The number of hydrogen-bond donors (Lipinski definition) is 0. The molecule has 0 unspecified atom stereocenters. The topological polar surface area (TPSA) is 76.2 Å². The zero-order valence-electron chi connectivity index (χ0n) is 13.5. The van der Waals surface area contributed by atoms with Crippen molar-refractivity contribution in [3.63, 3.8) is 0 Å². The normalized spacial score (nSPS) is 31.9. The number of morpholine rings is 1. The van der Waals surface area contributed by atoms with Gasteiger partial charge < -0.3 is 9.47 Å². The van der Waals surface area contributed by atoms with Gasteiger partial charge in [0.25, 0.3) is 10.2 Å². The Morgan fingerprint density at radius 1 is 1.18 bits per heavy atom. The Balaban J connectivity index is 2.06. The van der Waals surface area contributed by atoms with Crippen molar-refractivity contribution in [2.75, 3.05) is 32.8 Å². The van der Waals surface area contributed by atoms with Gasteiger partial charge in [0.2, 0.25) is 0 Å². The van der Waals surface area contributed by atoms with Crippen molar-refractivity contribution in [3.05, 3.63) is 0 Å². The highest BCUT2D eigenvalue weighted by Crippen LogP contribution is 2.24. The van der Waals surface area contributed by atoms with E-state index in [1.54, 1.807) is 6.92 Å². The summed E-state index contributed by atoms with van der Waals surface area (Å²) < 4.78 is 39.1. The van der Waals surface area contributed by atoms with E-state index < -0.39 is 10.2 Å². The van der Waals surface area contributed by atoms with Gasteiger partial charge in [0, 0.05) is 26.2 Å². The number of carbonyl (C=O) groups excluding carboxylic acids is 1. The molecule has 2 aliphatic heterocycles. The minimum Gasteiger partial charge on any atom is -0.466 e. The zero-order chi connectivity index (χ0) is 16.3. The molecule has 2 aliphatic rings. The first kappa shape index (κ1) is 17.7. The molecule has 0 aromatic rings.